The van der Waals surface area contributed by atoms with Crippen LogP contribution in [-0.2, 0) is 11.3 Å². The van der Waals surface area contributed by atoms with Gasteiger partial charge in [-0.2, -0.15) is 0 Å². The van der Waals surface area contributed by atoms with E-state index in [0.717, 1.165) is 5.56 Å². The maximum atomic E-state index is 11.4. The van der Waals surface area contributed by atoms with Gasteiger partial charge in [-0.05, 0) is 35.4 Å². The van der Waals surface area contributed by atoms with Crippen LogP contribution in [0.25, 0.3) is 0 Å². The molecule has 20 heavy (non-hydrogen) atoms. The van der Waals surface area contributed by atoms with Crippen LogP contribution >= 0.6 is 0 Å². The number of hydrogen-bond acceptors (Lipinski definition) is 4. The molecule has 104 valence electrons. The summed E-state index contributed by atoms with van der Waals surface area (Å²) in [6.45, 7) is 0.455. The second-order valence-electron chi connectivity index (χ2n) is 4.28. The third-order valence-electron chi connectivity index (χ3n) is 2.93. The summed E-state index contributed by atoms with van der Waals surface area (Å²) >= 11 is 0. The van der Waals surface area contributed by atoms with Crippen LogP contribution in [0.15, 0.2) is 48.8 Å². The summed E-state index contributed by atoms with van der Waals surface area (Å²) in [6, 6.07) is 9.95. The van der Waals surface area contributed by atoms with Crippen LogP contribution in [0.3, 0.4) is 0 Å². The topological polar surface area (TPSA) is 71.5 Å². The Hall–Kier alpha value is -2.40. The lowest BCUT2D eigenvalue weighted by atomic mass is 10.1. The van der Waals surface area contributed by atoms with E-state index in [1.807, 2.05) is 12.1 Å². The molecule has 0 aliphatic carbocycles. The zero-order valence-corrected chi connectivity index (χ0v) is 11.1. The van der Waals surface area contributed by atoms with E-state index in [1.165, 1.54) is 0 Å². The minimum Gasteiger partial charge on any atom is -0.497 e. The Balaban J connectivity index is 2.12. The van der Waals surface area contributed by atoms with Crippen LogP contribution in [0.2, 0.25) is 0 Å². The Bertz CT molecular complexity index is 572. The van der Waals surface area contributed by atoms with E-state index in [9.17, 15) is 9.90 Å². The van der Waals surface area contributed by atoms with E-state index in [0.29, 0.717) is 17.9 Å². The first kappa shape index (κ1) is 14.0. The molecule has 0 spiro atoms. The van der Waals surface area contributed by atoms with Gasteiger partial charge in [0.25, 0.3) is 0 Å². The van der Waals surface area contributed by atoms with Gasteiger partial charge in [-0.25, -0.2) is 0 Å². The molecule has 0 aliphatic heterocycles. The Labute approximate surface area is 117 Å². The van der Waals surface area contributed by atoms with Crippen molar-refractivity contribution in [1.82, 2.24) is 10.3 Å². The quantitative estimate of drug-likeness (QED) is 0.841. The monoisotopic (exact) mass is 272 g/mol. The molecular weight excluding hydrogens is 256 g/mol. The SMILES string of the molecule is COc1cccc(C(NCc2ccncc2)C(=O)O)c1. The van der Waals surface area contributed by atoms with Gasteiger partial charge in [0.1, 0.15) is 11.8 Å². The maximum absolute atomic E-state index is 11.4. The number of pyridine rings is 1. The van der Waals surface area contributed by atoms with Gasteiger partial charge < -0.3 is 9.84 Å². The Kier molecular flexibility index (Phi) is 4.68. The molecule has 1 heterocycles. The summed E-state index contributed by atoms with van der Waals surface area (Å²) < 4.78 is 5.12. The number of carboxylic acid groups (broad SMARTS) is 1. The van der Waals surface area contributed by atoms with E-state index >= 15 is 0 Å². The third kappa shape index (κ3) is 3.55. The van der Waals surface area contributed by atoms with Crippen molar-refractivity contribution in [3.05, 3.63) is 59.9 Å². The highest BCUT2D eigenvalue weighted by molar-refractivity contribution is 5.75. The molecule has 5 heteroatoms. The zero-order chi connectivity index (χ0) is 14.4. The van der Waals surface area contributed by atoms with E-state index in [1.54, 1.807) is 43.8 Å². The van der Waals surface area contributed by atoms with Crippen LogP contribution in [-0.4, -0.2) is 23.2 Å². The van der Waals surface area contributed by atoms with Gasteiger partial charge >= 0.3 is 5.97 Å². The first-order valence-electron chi connectivity index (χ1n) is 6.20. The first-order valence-corrected chi connectivity index (χ1v) is 6.20. The smallest absolute Gasteiger partial charge is 0.325 e. The molecule has 0 saturated heterocycles. The van der Waals surface area contributed by atoms with Gasteiger partial charge in [0, 0.05) is 18.9 Å². The standard InChI is InChI=1S/C15H16N2O3/c1-20-13-4-2-3-12(9-13)14(15(18)19)17-10-11-5-7-16-8-6-11/h2-9,14,17H,10H2,1H3,(H,18,19). The normalized spacial score (nSPS) is 11.8. The predicted octanol–water partition coefficient (Wildman–Crippen LogP) is 2.01. The summed E-state index contributed by atoms with van der Waals surface area (Å²) in [5.41, 5.74) is 1.64. The zero-order valence-electron chi connectivity index (χ0n) is 11.1. The van der Waals surface area contributed by atoms with Gasteiger partial charge in [-0.1, -0.05) is 12.1 Å². The average molecular weight is 272 g/mol. The fourth-order valence-corrected chi connectivity index (χ4v) is 1.89. The molecule has 2 rings (SSSR count). The number of aromatic nitrogens is 1. The van der Waals surface area contributed by atoms with Crippen molar-refractivity contribution in [2.24, 2.45) is 0 Å². The molecule has 5 nitrogen and oxygen atoms in total. The molecule has 2 N–H and O–H groups in total. The highest BCUT2D eigenvalue weighted by atomic mass is 16.5. The van der Waals surface area contributed by atoms with Crippen LogP contribution < -0.4 is 10.1 Å². The largest absolute Gasteiger partial charge is 0.497 e. The second-order valence-corrected chi connectivity index (χ2v) is 4.28. The van der Waals surface area contributed by atoms with Crippen LogP contribution in [0.4, 0.5) is 0 Å². The number of ether oxygens (including phenoxy) is 1. The molecule has 1 atom stereocenters. The third-order valence-corrected chi connectivity index (χ3v) is 2.93. The van der Waals surface area contributed by atoms with Crippen molar-refractivity contribution in [2.45, 2.75) is 12.6 Å². The molecule has 1 aromatic heterocycles. The van der Waals surface area contributed by atoms with Gasteiger partial charge in [0.2, 0.25) is 0 Å². The number of methoxy groups -OCH3 is 1. The van der Waals surface area contributed by atoms with Gasteiger partial charge in [0.05, 0.1) is 7.11 Å². The number of carbonyl (C=O) groups is 1. The molecule has 0 bridgehead atoms. The first-order chi connectivity index (χ1) is 9.70. The Morgan fingerprint density at radius 1 is 1.35 bits per heavy atom. The highest BCUT2D eigenvalue weighted by Crippen LogP contribution is 2.19. The van der Waals surface area contributed by atoms with E-state index in [2.05, 4.69) is 10.3 Å². The molecule has 2 aromatic rings. The minimum atomic E-state index is -0.924. The summed E-state index contributed by atoms with van der Waals surface area (Å²) in [4.78, 5) is 15.3. The summed E-state index contributed by atoms with van der Waals surface area (Å²) in [5.74, 6) is -0.285. The number of carboxylic acids is 1. The molecule has 0 radical (unpaired) electrons. The predicted molar refractivity (Wildman–Crippen MR) is 74.4 cm³/mol. The van der Waals surface area contributed by atoms with Crippen LogP contribution in [0.1, 0.15) is 17.2 Å². The second kappa shape index (κ2) is 6.68. The van der Waals surface area contributed by atoms with Crippen molar-refractivity contribution in [1.29, 1.82) is 0 Å². The molecular formula is C15H16N2O3. The lowest BCUT2D eigenvalue weighted by molar-refractivity contribution is -0.139. The lowest BCUT2D eigenvalue weighted by Gasteiger charge is -2.15. The fraction of sp³-hybridized carbons (Fsp3) is 0.200. The van der Waals surface area contributed by atoms with Gasteiger partial charge in [-0.3, -0.25) is 15.1 Å². The Morgan fingerprint density at radius 3 is 2.75 bits per heavy atom. The van der Waals surface area contributed by atoms with Crippen LogP contribution in [0.5, 0.6) is 5.75 Å². The van der Waals surface area contributed by atoms with Crippen LogP contribution in [0, 0.1) is 0 Å². The summed E-state index contributed by atoms with van der Waals surface area (Å²) in [6.07, 6.45) is 3.36. The fourth-order valence-electron chi connectivity index (χ4n) is 1.89. The maximum Gasteiger partial charge on any atom is 0.325 e. The molecule has 0 fully saturated rings. The van der Waals surface area contributed by atoms with Gasteiger partial charge in [0.15, 0.2) is 0 Å². The number of aliphatic carboxylic acids is 1. The van der Waals surface area contributed by atoms with Crippen molar-refractivity contribution < 1.29 is 14.6 Å². The number of nitrogens with zero attached hydrogens (tertiary/aromatic N) is 1. The molecule has 0 aliphatic rings. The number of rotatable bonds is 6. The van der Waals surface area contributed by atoms with Crippen molar-refractivity contribution in [3.8, 4) is 5.75 Å². The molecule has 0 saturated carbocycles. The molecule has 1 unspecified atom stereocenters. The molecule has 1 aromatic carbocycles. The minimum absolute atomic E-state index is 0.455. The van der Waals surface area contributed by atoms with E-state index < -0.39 is 12.0 Å². The van der Waals surface area contributed by atoms with Crippen molar-refractivity contribution >= 4 is 5.97 Å². The number of hydrogen-bond donors (Lipinski definition) is 2. The summed E-state index contributed by atoms with van der Waals surface area (Å²) in [5, 5.41) is 12.4. The lowest BCUT2D eigenvalue weighted by Crippen LogP contribution is -2.28. The van der Waals surface area contributed by atoms with E-state index in [4.69, 9.17) is 4.74 Å². The number of benzene rings is 1. The highest BCUT2D eigenvalue weighted by Gasteiger charge is 2.19. The molecule has 0 amide bonds. The van der Waals surface area contributed by atoms with Gasteiger partial charge in [-0.15, -0.1) is 0 Å². The van der Waals surface area contributed by atoms with Crippen molar-refractivity contribution in [2.75, 3.05) is 7.11 Å². The van der Waals surface area contributed by atoms with E-state index in [-0.39, 0.29) is 0 Å². The average Bonchev–Trinajstić information content (AvgIpc) is 2.48. The number of nitrogens with one attached hydrogen (secondary N) is 1. The summed E-state index contributed by atoms with van der Waals surface area (Å²) in [7, 11) is 1.55. The van der Waals surface area contributed by atoms with Crippen molar-refractivity contribution in [3.63, 3.8) is 0 Å². The Morgan fingerprint density at radius 2 is 2.10 bits per heavy atom.